The second-order valence-corrected chi connectivity index (χ2v) is 6.46. The molecular weight excluding hydrogens is 212 g/mol. The SMILES string of the molecule is CN(C)C1CCN(CCC(=O)C(C)(C)C)CC1. The van der Waals surface area contributed by atoms with E-state index in [0.717, 1.165) is 25.7 Å². The Morgan fingerprint density at radius 1 is 1.24 bits per heavy atom. The van der Waals surface area contributed by atoms with Crippen molar-refractivity contribution in [1.29, 1.82) is 0 Å². The summed E-state index contributed by atoms with van der Waals surface area (Å²) in [5, 5.41) is 0. The van der Waals surface area contributed by atoms with Gasteiger partial charge in [-0.15, -0.1) is 0 Å². The van der Waals surface area contributed by atoms with E-state index in [0.29, 0.717) is 12.2 Å². The van der Waals surface area contributed by atoms with Crippen molar-refractivity contribution in [2.75, 3.05) is 33.7 Å². The Morgan fingerprint density at radius 3 is 2.18 bits per heavy atom. The van der Waals surface area contributed by atoms with Crippen molar-refractivity contribution in [3.8, 4) is 0 Å². The fourth-order valence-electron chi connectivity index (χ4n) is 2.29. The molecule has 0 N–H and O–H groups in total. The van der Waals surface area contributed by atoms with Crippen molar-refractivity contribution in [3.05, 3.63) is 0 Å². The lowest BCUT2D eigenvalue weighted by atomic mass is 9.89. The minimum Gasteiger partial charge on any atom is -0.306 e. The molecule has 1 rings (SSSR count). The topological polar surface area (TPSA) is 23.6 Å². The summed E-state index contributed by atoms with van der Waals surface area (Å²) >= 11 is 0. The maximum atomic E-state index is 11.8. The molecule has 0 radical (unpaired) electrons. The van der Waals surface area contributed by atoms with Gasteiger partial charge in [0.05, 0.1) is 0 Å². The molecule has 1 aliphatic heterocycles. The fourth-order valence-corrected chi connectivity index (χ4v) is 2.29. The van der Waals surface area contributed by atoms with E-state index in [4.69, 9.17) is 0 Å². The van der Waals surface area contributed by atoms with E-state index in [1.807, 2.05) is 20.8 Å². The summed E-state index contributed by atoms with van der Waals surface area (Å²) in [6.07, 6.45) is 3.17. The number of hydrogen-bond donors (Lipinski definition) is 0. The number of hydrogen-bond acceptors (Lipinski definition) is 3. The number of carbonyl (C=O) groups excluding carboxylic acids is 1. The molecule has 0 saturated carbocycles. The van der Waals surface area contributed by atoms with Gasteiger partial charge in [0.25, 0.3) is 0 Å². The molecule has 0 amide bonds. The van der Waals surface area contributed by atoms with Crippen molar-refractivity contribution in [1.82, 2.24) is 9.80 Å². The van der Waals surface area contributed by atoms with Crippen LogP contribution in [-0.4, -0.2) is 55.4 Å². The zero-order chi connectivity index (χ0) is 13.1. The molecule has 3 nitrogen and oxygen atoms in total. The number of ketones is 1. The molecule has 0 bridgehead atoms. The standard InChI is InChI=1S/C14H28N2O/c1-14(2,3)13(17)8-11-16-9-6-12(7-10-16)15(4)5/h12H,6-11H2,1-5H3. The molecule has 0 spiro atoms. The first-order chi connectivity index (χ1) is 7.80. The summed E-state index contributed by atoms with van der Waals surface area (Å²) in [6.45, 7) is 9.24. The molecule has 17 heavy (non-hydrogen) atoms. The van der Waals surface area contributed by atoms with Crippen LogP contribution in [0, 0.1) is 5.41 Å². The Labute approximate surface area is 106 Å². The van der Waals surface area contributed by atoms with Gasteiger partial charge in [-0.3, -0.25) is 4.79 Å². The first-order valence-corrected chi connectivity index (χ1v) is 6.73. The summed E-state index contributed by atoms with van der Waals surface area (Å²) < 4.78 is 0. The van der Waals surface area contributed by atoms with Gasteiger partial charge in [0, 0.05) is 24.4 Å². The lowest BCUT2D eigenvalue weighted by molar-refractivity contribution is -0.126. The zero-order valence-electron chi connectivity index (χ0n) is 12.1. The van der Waals surface area contributed by atoms with Crippen LogP contribution >= 0.6 is 0 Å². The molecule has 0 aromatic carbocycles. The highest BCUT2D eigenvalue weighted by atomic mass is 16.1. The predicted molar refractivity (Wildman–Crippen MR) is 72.2 cm³/mol. The molecule has 1 aliphatic rings. The van der Waals surface area contributed by atoms with Crippen LogP contribution in [0.5, 0.6) is 0 Å². The minimum absolute atomic E-state index is 0.179. The van der Waals surface area contributed by atoms with Crippen LogP contribution in [0.3, 0.4) is 0 Å². The Balaban J connectivity index is 2.25. The van der Waals surface area contributed by atoms with Crippen molar-refractivity contribution < 1.29 is 4.79 Å². The number of carbonyl (C=O) groups is 1. The normalized spacial score (nSPS) is 19.9. The van der Waals surface area contributed by atoms with Gasteiger partial charge in [0.2, 0.25) is 0 Å². The lowest BCUT2D eigenvalue weighted by Gasteiger charge is -2.35. The zero-order valence-corrected chi connectivity index (χ0v) is 12.1. The van der Waals surface area contributed by atoms with Crippen molar-refractivity contribution >= 4 is 5.78 Å². The van der Waals surface area contributed by atoms with E-state index in [9.17, 15) is 4.79 Å². The Hall–Kier alpha value is -0.410. The van der Waals surface area contributed by atoms with E-state index in [-0.39, 0.29) is 5.41 Å². The Morgan fingerprint density at radius 2 is 1.76 bits per heavy atom. The summed E-state index contributed by atoms with van der Waals surface area (Å²) in [6, 6.07) is 0.726. The van der Waals surface area contributed by atoms with Crippen LogP contribution < -0.4 is 0 Å². The largest absolute Gasteiger partial charge is 0.306 e. The molecule has 1 fully saturated rings. The van der Waals surface area contributed by atoms with Gasteiger partial charge in [-0.2, -0.15) is 0 Å². The quantitative estimate of drug-likeness (QED) is 0.751. The van der Waals surface area contributed by atoms with E-state index in [2.05, 4.69) is 23.9 Å². The van der Waals surface area contributed by atoms with E-state index in [1.165, 1.54) is 12.8 Å². The van der Waals surface area contributed by atoms with E-state index < -0.39 is 0 Å². The van der Waals surface area contributed by atoms with Crippen LogP contribution in [0.2, 0.25) is 0 Å². The number of nitrogens with zero attached hydrogens (tertiary/aromatic N) is 2. The van der Waals surface area contributed by atoms with Crippen molar-refractivity contribution in [2.45, 2.75) is 46.1 Å². The first-order valence-electron chi connectivity index (χ1n) is 6.73. The highest BCUT2D eigenvalue weighted by Crippen LogP contribution is 2.18. The fraction of sp³-hybridized carbons (Fsp3) is 0.929. The predicted octanol–water partition coefficient (Wildman–Crippen LogP) is 2.02. The van der Waals surface area contributed by atoms with Crippen LogP contribution in [0.4, 0.5) is 0 Å². The van der Waals surface area contributed by atoms with E-state index in [1.54, 1.807) is 0 Å². The molecule has 1 heterocycles. The summed E-state index contributed by atoms with van der Waals surface area (Å²) in [7, 11) is 4.31. The molecule has 0 unspecified atom stereocenters. The van der Waals surface area contributed by atoms with Gasteiger partial charge in [-0.25, -0.2) is 0 Å². The van der Waals surface area contributed by atoms with Crippen molar-refractivity contribution in [2.24, 2.45) is 5.41 Å². The number of piperidine rings is 1. The summed E-state index contributed by atoms with van der Waals surface area (Å²) in [5.41, 5.74) is -0.179. The second-order valence-electron chi connectivity index (χ2n) is 6.46. The average Bonchev–Trinajstić information content (AvgIpc) is 2.25. The van der Waals surface area contributed by atoms with Gasteiger partial charge in [0.1, 0.15) is 5.78 Å². The number of Topliss-reactive ketones (excluding diaryl/α,β-unsaturated/α-hetero) is 1. The van der Waals surface area contributed by atoms with E-state index >= 15 is 0 Å². The third kappa shape index (κ3) is 4.76. The summed E-state index contributed by atoms with van der Waals surface area (Å²) in [5.74, 6) is 0.382. The van der Waals surface area contributed by atoms with Crippen LogP contribution in [-0.2, 0) is 4.79 Å². The molecule has 0 atom stereocenters. The van der Waals surface area contributed by atoms with Gasteiger partial charge < -0.3 is 9.80 Å². The Bertz CT molecular complexity index is 247. The molecule has 1 saturated heterocycles. The maximum absolute atomic E-state index is 11.8. The van der Waals surface area contributed by atoms with Crippen LogP contribution in [0.25, 0.3) is 0 Å². The van der Waals surface area contributed by atoms with Crippen LogP contribution in [0.1, 0.15) is 40.0 Å². The minimum atomic E-state index is -0.179. The Kier molecular flexibility index (Phi) is 5.14. The molecule has 0 aromatic rings. The van der Waals surface area contributed by atoms with Gasteiger partial charge >= 0.3 is 0 Å². The first kappa shape index (κ1) is 14.7. The second kappa shape index (κ2) is 5.96. The molecule has 0 aromatic heterocycles. The maximum Gasteiger partial charge on any atom is 0.139 e. The average molecular weight is 240 g/mol. The third-order valence-electron chi connectivity index (χ3n) is 3.78. The van der Waals surface area contributed by atoms with Gasteiger partial charge in [-0.05, 0) is 40.0 Å². The highest BCUT2D eigenvalue weighted by molar-refractivity contribution is 5.83. The summed E-state index contributed by atoms with van der Waals surface area (Å²) in [4.78, 5) is 16.6. The monoisotopic (exact) mass is 240 g/mol. The van der Waals surface area contributed by atoms with Crippen molar-refractivity contribution in [3.63, 3.8) is 0 Å². The smallest absolute Gasteiger partial charge is 0.139 e. The molecule has 0 aliphatic carbocycles. The highest BCUT2D eigenvalue weighted by Gasteiger charge is 2.24. The number of rotatable bonds is 4. The molecule has 3 heteroatoms. The third-order valence-corrected chi connectivity index (χ3v) is 3.78. The molecular formula is C14H28N2O. The van der Waals surface area contributed by atoms with Gasteiger partial charge in [-0.1, -0.05) is 20.8 Å². The molecule has 100 valence electrons. The number of likely N-dealkylation sites (tertiary alicyclic amines) is 1. The van der Waals surface area contributed by atoms with Crippen LogP contribution in [0.15, 0.2) is 0 Å². The lowest BCUT2D eigenvalue weighted by Crippen LogP contribution is -2.42. The van der Waals surface area contributed by atoms with Gasteiger partial charge in [0.15, 0.2) is 0 Å².